The van der Waals surface area contributed by atoms with Crippen molar-refractivity contribution in [1.82, 2.24) is 9.88 Å². The van der Waals surface area contributed by atoms with Crippen molar-refractivity contribution in [3.63, 3.8) is 0 Å². The van der Waals surface area contributed by atoms with Crippen molar-refractivity contribution in [2.75, 3.05) is 6.54 Å². The second-order valence-electron chi connectivity index (χ2n) is 4.90. The Labute approximate surface area is 126 Å². The van der Waals surface area contributed by atoms with Gasteiger partial charge in [-0.05, 0) is 37.1 Å². The van der Waals surface area contributed by atoms with Gasteiger partial charge in [-0.1, -0.05) is 11.6 Å². The van der Waals surface area contributed by atoms with Crippen LogP contribution in [0.5, 0.6) is 0 Å². The van der Waals surface area contributed by atoms with Crippen LogP contribution in [0, 0.1) is 0 Å². The first-order valence-electron chi connectivity index (χ1n) is 6.53. The van der Waals surface area contributed by atoms with Crippen LogP contribution in [0.4, 0.5) is 0 Å². The first-order chi connectivity index (χ1) is 9.65. The van der Waals surface area contributed by atoms with E-state index >= 15 is 0 Å². The smallest absolute Gasteiger partial charge is 0.268 e. The number of carbonyl (C=O) groups excluding carboxylic acids is 1. The van der Waals surface area contributed by atoms with Gasteiger partial charge < -0.3 is 15.0 Å². The van der Waals surface area contributed by atoms with Gasteiger partial charge in [0.25, 0.3) is 5.91 Å². The van der Waals surface area contributed by atoms with Gasteiger partial charge in [0.1, 0.15) is 11.8 Å². The fourth-order valence-corrected chi connectivity index (χ4v) is 3.19. The van der Waals surface area contributed by atoms with Gasteiger partial charge in [0, 0.05) is 23.7 Å². The number of aliphatic hydroxyl groups is 1. The van der Waals surface area contributed by atoms with Crippen LogP contribution in [-0.4, -0.2) is 22.1 Å². The summed E-state index contributed by atoms with van der Waals surface area (Å²) in [6.45, 7) is 0.186. The summed E-state index contributed by atoms with van der Waals surface area (Å²) in [4.78, 5) is 12.9. The monoisotopic (exact) mass is 310 g/mol. The maximum atomic E-state index is 12.1. The van der Waals surface area contributed by atoms with E-state index in [-0.39, 0.29) is 12.5 Å². The maximum Gasteiger partial charge on any atom is 0.268 e. The number of nitrogens with zero attached hydrogens (tertiary/aromatic N) is 1. The van der Waals surface area contributed by atoms with Crippen molar-refractivity contribution in [2.45, 2.75) is 25.0 Å². The van der Waals surface area contributed by atoms with Crippen LogP contribution in [0.3, 0.4) is 0 Å². The Bertz CT molecular complexity index is 618. The van der Waals surface area contributed by atoms with E-state index in [1.165, 1.54) is 11.3 Å². The molecule has 0 spiro atoms. The second kappa shape index (κ2) is 5.60. The van der Waals surface area contributed by atoms with E-state index in [0.717, 1.165) is 17.7 Å². The largest absolute Gasteiger partial charge is 0.386 e. The first kappa shape index (κ1) is 13.7. The molecule has 106 valence electrons. The zero-order chi connectivity index (χ0) is 14.1. The summed E-state index contributed by atoms with van der Waals surface area (Å²) in [5.41, 5.74) is 0.656. The lowest BCUT2D eigenvalue weighted by Crippen LogP contribution is -2.29. The van der Waals surface area contributed by atoms with E-state index in [1.54, 1.807) is 12.1 Å². The van der Waals surface area contributed by atoms with Crippen LogP contribution < -0.4 is 5.32 Å². The number of carbonyl (C=O) groups is 1. The van der Waals surface area contributed by atoms with E-state index in [2.05, 4.69) is 5.32 Å². The van der Waals surface area contributed by atoms with Gasteiger partial charge in [-0.3, -0.25) is 4.79 Å². The minimum atomic E-state index is -0.721. The Morgan fingerprint density at radius 2 is 2.30 bits per heavy atom. The molecule has 0 saturated heterocycles. The van der Waals surface area contributed by atoms with Gasteiger partial charge >= 0.3 is 0 Å². The molecule has 6 heteroatoms. The molecule has 2 aromatic heterocycles. The number of rotatable bonds is 5. The van der Waals surface area contributed by atoms with Gasteiger partial charge in [-0.25, -0.2) is 0 Å². The minimum absolute atomic E-state index is 0.149. The highest BCUT2D eigenvalue weighted by Gasteiger charge is 2.26. The van der Waals surface area contributed by atoms with Crippen LogP contribution in [0.1, 0.15) is 40.4 Å². The van der Waals surface area contributed by atoms with Crippen LogP contribution in [0.15, 0.2) is 30.5 Å². The summed E-state index contributed by atoms with van der Waals surface area (Å²) in [5.74, 6) is -0.149. The molecule has 1 saturated carbocycles. The third-order valence-electron chi connectivity index (χ3n) is 3.33. The Balaban J connectivity index is 1.60. The van der Waals surface area contributed by atoms with E-state index in [9.17, 15) is 9.90 Å². The summed E-state index contributed by atoms with van der Waals surface area (Å²) in [6, 6.07) is 7.67. The maximum absolute atomic E-state index is 12.1. The lowest BCUT2D eigenvalue weighted by Gasteiger charge is -2.11. The molecule has 4 nitrogen and oxygen atoms in total. The summed E-state index contributed by atoms with van der Waals surface area (Å²) < 4.78 is 2.64. The molecule has 0 bridgehead atoms. The van der Waals surface area contributed by atoms with E-state index in [4.69, 9.17) is 11.6 Å². The number of aromatic nitrogens is 1. The number of halogens is 1. The summed E-state index contributed by atoms with van der Waals surface area (Å²) in [6.07, 6.45) is 3.47. The molecule has 1 atom stereocenters. The predicted octanol–water partition coefficient (Wildman–Crippen LogP) is 3.00. The average Bonchev–Trinajstić information content (AvgIpc) is 2.99. The van der Waals surface area contributed by atoms with Crippen LogP contribution in [-0.2, 0) is 0 Å². The van der Waals surface area contributed by atoms with E-state index in [1.807, 2.05) is 22.9 Å². The van der Waals surface area contributed by atoms with Crippen molar-refractivity contribution in [2.24, 2.45) is 0 Å². The standard InChI is InChI=1S/C14H15ClN2O2S/c15-13-6-5-12(20-13)11(18)8-16-14(19)10-2-1-7-17(10)9-3-4-9/h1-2,5-7,9,11,18H,3-4,8H2,(H,16,19). The van der Waals surface area contributed by atoms with Crippen LogP contribution in [0.2, 0.25) is 4.34 Å². The summed E-state index contributed by atoms with van der Waals surface area (Å²) >= 11 is 7.15. The Morgan fingerprint density at radius 3 is 2.95 bits per heavy atom. The Kier molecular flexibility index (Phi) is 3.83. The van der Waals surface area contributed by atoms with Gasteiger partial charge in [0.05, 0.1) is 4.34 Å². The highest BCUT2D eigenvalue weighted by molar-refractivity contribution is 7.16. The molecule has 0 radical (unpaired) electrons. The molecule has 1 unspecified atom stereocenters. The highest BCUT2D eigenvalue weighted by Crippen LogP contribution is 2.36. The molecule has 2 heterocycles. The third-order valence-corrected chi connectivity index (χ3v) is 4.66. The fraction of sp³-hybridized carbons (Fsp3) is 0.357. The minimum Gasteiger partial charge on any atom is -0.386 e. The van der Waals surface area contributed by atoms with Gasteiger partial charge in [-0.15, -0.1) is 11.3 Å². The molecule has 2 aromatic rings. The van der Waals surface area contributed by atoms with Gasteiger partial charge in [-0.2, -0.15) is 0 Å². The second-order valence-corrected chi connectivity index (χ2v) is 6.65. The molecule has 0 aromatic carbocycles. The van der Waals surface area contributed by atoms with E-state index in [0.29, 0.717) is 16.1 Å². The fourth-order valence-electron chi connectivity index (χ4n) is 2.15. The van der Waals surface area contributed by atoms with Crippen molar-refractivity contribution in [3.8, 4) is 0 Å². The van der Waals surface area contributed by atoms with E-state index < -0.39 is 6.10 Å². The Morgan fingerprint density at radius 1 is 1.50 bits per heavy atom. The lowest BCUT2D eigenvalue weighted by molar-refractivity contribution is 0.0908. The quantitative estimate of drug-likeness (QED) is 0.892. The normalized spacial score (nSPS) is 16.1. The molecule has 3 rings (SSSR count). The number of thiophene rings is 1. The zero-order valence-electron chi connectivity index (χ0n) is 10.8. The number of hydrogen-bond acceptors (Lipinski definition) is 3. The molecule has 20 heavy (non-hydrogen) atoms. The van der Waals surface area contributed by atoms with Gasteiger partial charge in [0.15, 0.2) is 0 Å². The van der Waals surface area contributed by atoms with Crippen molar-refractivity contribution >= 4 is 28.8 Å². The third kappa shape index (κ3) is 2.90. The summed E-state index contributed by atoms with van der Waals surface area (Å²) in [7, 11) is 0. The molecule has 2 N–H and O–H groups in total. The summed E-state index contributed by atoms with van der Waals surface area (Å²) in [5, 5.41) is 12.8. The Hall–Kier alpha value is -1.30. The molecular formula is C14H15ClN2O2S. The predicted molar refractivity (Wildman–Crippen MR) is 79.3 cm³/mol. The van der Waals surface area contributed by atoms with Gasteiger partial charge in [0.2, 0.25) is 0 Å². The molecule has 1 aliphatic rings. The highest BCUT2D eigenvalue weighted by atomic mass is 35.5. The topological polar surface area (TPSA) is 54.3 Å². The first-order valence-corrected chi connectivity index (χ1v) is 7.73. The van der Waals surface area contributed by atoms with Crippen LogP contribution in [0.25, 0.3) is 0 Å². The van der Waals surface area contributed by atoms with Crippen molar-refractivity contribution < 1.29 is 9.90 Å². The number of nitrogens with one attached hydrogen (secondary N) is 1. The van der Waals surface area contributed by atoms with Crippen molar-refractivity contribution in [3.05, 3.63) is 45.4 Å². The number of aliphatic hydroxyl groups excluding tert-OH is 1. The molecule has 0 aliphatic heterocycles. The number of amides is 1. The average molecular weight is 311 g/mol. The SMILES string of the molecule is O=C(NCC(O)c1ccc(Cl)s1)c1cccn1C1CC1. The zero-order valence-corrected chi connectivity index (χ0v) is 12.3. The lowest BCUT2D eigenvalue weighted by atomic mass is 10.3. The molecule has 1 aliphatic carbocycles. The van der Waals surface area contributed by atoms with Crippen LogP contribution >= 0.6 is 22.9 Å². The van der Waals surface area contributed by atoms with Crippen molar-refractivity contribution in [1.29, 1.82) is 0 Å². The molecule has 1 fully saturated rings. The number of hydrogen-bond donors (Lipinski definition) is 2. The molecule has 1 amide bonds. The molecular weight excluding hydrogens is 296 g/mol.